The summed E-state index contributed by atoms with van der Waals surface area (Å²) in [5.74, 6) is -0.324. The Bertz CT molecular complexity index is 265. The summed E-state index contributed by atoms with van der Waals surface area (Å²) in [5.41, 5.74) is 0. The molecule has 0 bridgehead atoms. The lowest BCUT2D eigenvalue weighted by Gasteiger charge is -2.14. The van der Waals surface area contributed by atoms with E-state index in [1.165, 1.54) is 0 Å². The van der Waals surface area contributed by atoms with Gasteiger partial charge in [-0.1, -0.05) is 6.92 Å². The number of hydrogen-bond acceptors (Lipinski definition) is 3. The minimum atomic E-state index is -0.536. The van der Waals surface area contributed by atoms with Crippen LogP contribution in [0, 0.1) is 5.92 Å². The molecule has 1 heterocycles. The maximum atomic E-state index is 11.2. The fourth-order valence-corrected chi connectivity index (χ4v) is 1.63. The van der Waals surface area contributed by atoms with E-state index in [1.807, 2.05) is 0 Å². The molecular formula is C10H16N2O3. The van der Waals surface area contributed by atoms with Crippen molar-refractivity contribution < 1.29 is 14.4 Å². The average molecular weight is 212 g/mol. The molecule has 5 nitrogen and oxygen atoms in total. The first-order valence-corrected chi connectivity index (χ1v) is 5.19. The van der Waals surface area contributed by atoms with Crippen molar-refractivity contribution in [1.82, 2.24) is 10.6 Å². The van der Waals surface area contributed by atoms with Crippen LogP contribution in [0.5, 0.6) is 0 Å². The normalized spacial score (nSPS) is 21.9. The van der Waals surface area contributed by atoms with E-state index in [0.29, 0.717) is 25.7 Å². The SMILES string of the molecule is CCC(=O)NC(C=O)CC1CCNC1=O. The Morgan fingerprint density at radius 1 is 1.73 bits per heavy atom. The van der Waals surface area contributed by atoms with E-state index in [-0.39, 0.29) is 17.7 Å². The molecule has 1 aliphatic heterocycles. The Hall–Kier alpha value is -1.39. The molecule has 2 N–H and O–H groups in total. The summed E-state index contributed by atoms with van der Waals surface area (Å²) in [4.78, 5) is 33.0. The van der Waals surface area contributed by atoms with Crippen molar-refractivity contribution in [2.24, 2.45) is 5.92 Å². The zero-order chi connectivity index (χ0) is 11.3. The van der Waals surface area contributed by atoms with Crippen molar-refractivity contribution in [3.63, 3.8) is 0 Å². The van der Waals surface area contributed by atoms with Gasteiger partial charge in [-0.25, -0.2) is 0 Å². The summed E-state index contributed by atoms with van der Waals surface area (Å²) in [6.45, 7) is 2.39. The van der Waals surface area contributed by atoms with Crippen LogP contribution in [0.3, 0.4) is 0 Å². The third-order valence-corrected chi connectivity index (χ3v) is 2.53. The molecule has 0 spiro atoms. The van der Waals surface area contributed by atoms with Crippen LogP contribution < -0.4 is 10.6 Å². The first-order chi connectivity index (χ1) is 7.17. The summed E-state index contributed by atoms with van der Waals surface area (Å²) in [5, 5.41) is 5.28. The van der Waals surface area contributed by atoms with Crippen molar-refractivity contribution in [2.45, 2.75) is 32.2 Å². The number of nitrogens with one attached hydrogen (secondary N) is 2. The van der Waals surface area contributed by atoms with Crippen LogP contribution in [0.15, 0.2) is 0 Å². The summed E-state index contributed by atoms with van der Waals surface area (Å²) in [6.07, 6.45) is 2.19. The van der Waals surface area contributed by atoms with Crippen LogP contribution in [0.4, 0.5) is 0 Å². The zero-order valence-electron chi connectivity index (χ0n) is 8.79. The monoisotopic (exact) mass is 212 g/mol. The minimum absolute atomic E-state index is 0.0207. The molecule has 5 heteroatoms. The highest BCUT2D eigenvalue weighted by Crippen LogP contribution is 2.15. The second kappa shape index (κ2) is 5.48. The van der Waals surface area contributed by atoms with Gasteiger partial charge >= 0.3 is 0 Å². The van der Waals surface area contributed by atoms with Crippen molar-refractivity contribution in [1.29, 1.82) is 0 Å². The molecule has 2 atom stereocenters. The standard InChI is InChI=1S/C10H16N2O3/c1-2-9(14)12-8(6-13)5-7-3-4-11-10(7)15/h6-8H,2-5H2,1H3,(H,11,15)(H,12,14). The molecule has 0 aromatic heterocycles. The minimum Gasteiger partial charge on any atom is -0.356 e. The van der Waals surface area contributed by atoms with Crippen LogP contribution in [-0.4, -0.2) is 30.7 Å². The van der Waals surface area contributed by atoms with Gasteiger partial charge in [0.15, 0.2) is 0 Å². The van der Waals surface area contributed by atoms with Gasteiger partial charge in [-0.2, -0.15) is 0 Å². The van der Waals surface area contributed by atoms with Gasteiger partial charge in [0.05, 0.1) is 6.04 Å². The quantitative estimate of drug-likeness (QED) is 0.609. The van der Waals surface area contributed by atoms with Gasteiger partial charge in [0, 0.05) is 18.9 Å². The largest absolute Gasteiger partial charge is 0.356 e. The molecule has 0 radical (unpaired) electrons. The lowest BCUT2D eigenvalue weighted by atomic mass is 9.99. The molecule has 0 aromatic carbocycles. The van der Waals surface area contributed by atoms with E-state index in [1.54, 1.807) is 6.92 Å². The average Bonchev–Trinajstić information content (AvgIpc) is 2.63. The molecular weight excluding hydrogens is 196 g/mol. The first kappa shape index (κ1) is 11.7. The molecule has 0 aliphatic carbocycles. The Morgan fingerprint density at radius 3 is 2.93 bits per heavy atom. The molecule has 1 rings (SSSR count). The van der Waals surface area contributed by atoms with Gasteiger partial charge in [0.2, 0.25) is 11.8 Å². The van der Waals surface area contributed by atoms with Crippen LogP contribution >= 0.6 is 0 Å². The molecule has 1 saturated heterocycles. The molecule has 2 unspecified atom stereocenters. The molecule has 2 amide bonds. The predicted octanol–water partition coefficient (Wildman–Crippen LogP) is -0.394. The fraction of sp³-hybridized carbons (Fsp3) is 0.700. The lowest BCUT2D eigenvalue weighted by Crippen LogP contribution is -2.38. The van der Waals surface area contributed by atoms with Gasteiger partial charge in [0.1, 0.15) is 6.29 Å². The third kappa shape index (κ3) is 3.34. The van der Waals surface area contributed by atoms with E-state index in [9.17, 15) is 14.4 Å². The molecule has 84 valence electrons. The van der Waals surface area contributed by atoms with Gasteiger partial charge in [0.25, 0.3) is 0 Å². The number of carbonyl (C=O) groups excluding carboxylic acids is 3. The molecule has 0 aromatic rings. The maximum absolute atomic E-state index is 11.2. The Balaban J connectivity index is 2.42. The van der Waals surface area contributed by atoms with E-state index in [0.717, 1.165) is 6.42 Å². The van der Waals surface area contributed by atoms with Crippen LogP contribution in [0.2, 0.25) is 0 Å². The van der Waals surface area contributed by atoms with Gasteiger partial charge < -0.3 is 15.4 Å². The fourth-order valence-electron chi connectivity index (χ4n) is 1.63. The predicted molar refractivity (Wildman–Crippen MR) is 54.0 cm³/mol. The number of aldehydes is 1. The summed E-state index contributed by atoms with van der Waals surface area (Å²) in [6, 6.07) is -0.536. The van der Waals surface area contributed by atoms with Crippen molar-refractivity contribution in [3.8, 4) is 0 Å². The highest BCUT2D eigenvalue weighted by molar-refractivity contribution is 5.82. The van der Waals surface area contributed by atoms with Crippen LogP contribution in [-0.2, 0) is 14.4 Å². The van der Waals surface area contributed by atoms with Crippen molar-refractivity contribution in [3.05, 3.63) is 0 Å². The summed E-state index contributed by atoms with van der Waals surface area (Å²) in [7, 11) is 0. The number of rotatable bonds is 5. The zero-order valence-corrected chi connectivity index (χ0v) is 8.79. The molecule has 0 saturated carbocycles. The van der Waals surface area contributed by atoms with Gasteiger partial charge in [-0.15, -0.1) is 0 Å². The second-order valence-electron chi connectivity index (χ2n) is 3.68. The van der Waals surface area contributed by atoms with Crippen molar-refractivity contribution in [2.75, 3.05) is 6.54 Å². The summed E-state index contributed by atoms with van der Waals surface area (Å²) < 4.78 is 0. The molecule has 1 aliphatic rings. The topological polar surface area (TPSA) is 75.3 Å². The Labute approximate surface area is 88.6 Å². The first-order valence-electron chi connectivity index (χ1n) is 5.19. The van der Waals surface area contributed by atoms with E-state index in [2.05, 4.69) is 10.6 Å². The Kier molecular flexibility index (Phi) is 4.27. The lowest BCUT2D eigenvalue weighted by molar-refractivity contribution is -0.126. The number of carbonyl (C=O) groups is 3. The summed E-state index contributed by atoms with van der Waals surface area (Å²) >= 11 is 0. The van der Waals surface area contributed by atoms with E-state index >= 15 is 0 Å². The van der Waals surface area contributed by atoms with Gasteiger partial charge in [-0.3, -0.25) is 9.59 Å². The number of amides is 2. The third-order valence-electron chi connectivity index (χ3n) is 2.53. The van der Waals surface area contributed by atoms with Crippen LogP contribution in [0.25, 0.3) is 0 Å². The number of hydrogen-bond donors (Lipinski definition) is 2. The highest BCUT2D eigenvalue weighted by atomic mass is 16.2. The van der Waals surface area contributed by atoms with Crippen LogP contribution in [0.1, 0.15) is 26.2 Å². The second-order valence-corrected chi connectivity index (χ2v) is 3.68. The molecule has 1 fully saturated rings. The van der Waals surface area contributed by atoms with E-state index < -0.39 is 6.04 Å². The van der Waals surface area contributed by atoms with Crippen molar-refractivity contribution >= 4 is 18.1 Å². The highest BCUT2D eigenvalue weighted by Gasteiger charge is 2.27. The smallest absolute Gasteiger partial charge is 0.223 e. The van der Waals surface area contributed by atoms with E-state index in [4.69, 9.17) is 0 Å². The molecule has 15 heavy (non-hydrogen) atoms. The Morgan fingerprint density at radius 2 is 2.47 bits per heavy atom. The van der Waals surface area contributed by atoms with Gasteiger partial charge in [-0.05, 0) is 12.8 Å². The maximum Gasteiger partial charge on any atom is 0.223 e.